The molecule has 0 aromatic heterocycles. The summed E-state index contributed by atoms with van der Waals surface area (Å²) in [5, 5.41) is 3.69. The van der Waals surface area contributed by atoms with Crippen LogP contribution in [0.3, 0.4) is 0 Å². The van der Waals surface area contributed by atoms with Crippen LogP contribution in [0.15, 0.2) is 41.6 Å². The van der Waals surface area contributed by atoms with Crippen molar-refractivity contribution < 1.29 is 40.4 Å². The second-order valence-corrected chi connectivity index (χ2v) is 8.49. The maximum absolute atomic E-state index is 14.4. The van der Waals surface area contributed by atoms with Crippen LogP contribution in [0, 0.1) is 0 Å². The molecule has 11 heteroatoms. The molecule has 0 N–H and O–H groups in total. The number of alkyl halides is 2. The molecule has 0 aliphatic heterocycles. The topological polar surface area (TPSA) is 92.7 Å². The molecule has 0 radical (unpaired) electrons. The van der Waals surface area contributed by atoms with Gasteiger partial charge in [0.05, 0.1) is 52.2 Å². The zero-order chi connectivity index (χ0) is 24.6. The van der Waals surface area contributed by atoms with E-state index >= 15 is 0 Å². The lowest BCUT2D eigenvalue weighted by Crippen LogP contribution is -2.25. The van der Waals surface area contributed by atoms with Crippen molar-refractivity contribution in [2.75, 3.05) is 48.0 Å². The fourth-order valence-corrected chi connectivity index (χ4v) is 3.52. The van der Waals surface area contributed by atoms with Crippen molar-refractivity contribution in [2.45, 2.75) is 11.8 Å². The monoisotopic (exact) mass is 487 g/mol. The molecule has 0 heterocycles. The number of hydrogen-bond donors (Lipinski definition) is 0. The van der Waals surface area contributed by atoms with E-state index in [1.165, 1.54) is 40.6 Å². The van der Waals surface area contributed by atoms with E-state index in [0.717, 1.165) is 6.26 Å². The predicted molar refractivity (Wildman–Crippen MR) is 120 cm³/mol. The molecule has 33 heavy (non-hydrogen) atoms. The highest BCUT2D eigenvalue weighted by atomic mass is 32.2. The Balaban J connectivity index is 2.65. The van der Waals surface area contributed by atoms with Gasteiger partial charge in [0.25, 0.3) is 0 Å². The number of hydrogen-bond acceptors (Lipinski definition) is 8. The minimum atomic E-state index is -4.04. The quantitative estimate of drug-likeness (QED) is 0.332. The van der Waals surface area contributed by atoms with E-state index in [2.05, 4.69) is 9.44 Å². The minimum absolute atomic E-state index is 0.162. The van der Waals surface area contributed by atoms with E-state index in [1.54, 1.807) is 24.3 Å². The highest BCUT2D eigenvalue weighted by Crippen LogP contribution is 2.37. The van der Waals surface area contributed by atoms with Gasteiger partial charge in [-0.25, -0.2) is 0 Å². The van der Waals surface area contributed by atoms with Gasteiger partial charge in [0.2, 0.25) is 0 Å². The van der Waals surface area contributed by atoms with Crippen LogP contribution < -0.4 is 18.9 Å². The molecule has 0 saturated carbocycles. The second kappa shape index (κ2) is 11.7. The van der Waals surface area contributed by atoms with Crippen molar-refractivity contribution in [3.8, 4) is 23.0 Å². The van der Waals surface area contributed by atoms with E-state index in [9.17, 15) is 17.2 Å². The van der Waals surface area contributed by atoms with Crippen LogP contribution in [-0.2, 0) is 14.4 Å². The maximum atomic E-state index is 14.4. The molecule has 0 aliphatic carbocycles. The lowest BCUT2D eigenvalue weighted by molar-refractivity contribution is 0.332. The summed E-state index contributed by atoms with van der Waals surface area (Å²) in [6.45, 7) is -2.02. The fourth-order valence-electron chi connectivity index (χ4n) is 3.30. The minimum Gasteiger partial charge on any atom is -0.493 e. The summed E-state index contributed by atoms with van der Waals surface area (Å²) in [4.78, 5) is 0. The molecule has 182 valence electrons. The fraction of sp³-hybridized carbons (Fsp3) is 0.409. The Morgan fingerprint density at radius 1 is 0.788 bits per heavy atom. The molecule has 2 aromatic carbocycles. The van der Waals surface area contributed by atoms with Crippen LogP contribution in [-0.4, -0.2) is 62.2 Å². The molecule has 2 atom stereocenters. The molecular formula is C22H27F2NO7S. The van der Waals surface area contributed by atoms with Gasteiger partial charge in [-0.2, -0.15) is 8.42 Å². The highest BCUT2D eigenvalue weighted by Gasteiger charge is 2.31. The normalized spacial score (nSPS) is 12.9. The van der Waals surface area contributed by atoms with Gasteiger partial charge in [-0.05, 0) is 35.4 Å². The van der Waals surface area contributed by atoms with Gasteiger partial charge in [-0.15, -0.1) is 0 Å². The number of oxime groups is 1. The predicted octanol–water partition coefficient (Wildman–Crippen LogP) is 3.86. The van der Waals surface area contributed by atoms with E-state index < -0.39 is 35.3 Å². The Bertz CT molecular complexity index is 1010. The van der Waals surface area contributed by atoms with Crippen LogP contribution in [0.25, 0.3) is 0 Å². The van der Waals surface area contributed by atoms with E-state index in [1.807, 2.05) is 0 Å². The number of benzene rings is 2. The molecular weight excluding hydrogens is 460 g/mol. The molecule has 8 nitrogen and oxygen atoms in total. The Morgan fingerprint density at radius 3 is 1.48 bits per heavy atom. The van der Waals surface area contributed by atoms with Crippen LogP contribution in [0.2, 0.25) is 0 Å². The molecule has 2 aromatic rings. The first kappa shape index (κ1) is 26.2. The van der Waals surface area contributed by atoms with Gasteiger partial charge in [-0.1, -0.05) is 17.3 Å². The van der Waals surface area contributed by atoms with Gasteiger partial charge >= 0.3 is 10.1 Å². The average molecular weight is 488 g/mol. The third-order valence-corrected chi connectivity index (χ3v) is 5.27. The van der Waals surface area contributed by atoms with Crippen molar-refractivity contribution in [1.82, 2.24) is 0 Å². The van der Waals surface area contributed by atoms with Gasteiger partial charge in [-0.3, -0.25) is 13.1 Å². The number of rotatable bonds is 12. The summed E-state index contributed by atoms with van der Waals surface area (Å²) in [5.41, 5.74) is 0.569. The van der Waals surface area contributed by atoms with Crippen molar-refractivity contribution in [3.05, 3.63) is 47.5 Å². The summed E-state index contributed by atoms with van der Waals surface area (Å²) in [7, 11) is 1.70. The summed E-state index contributed by atoms with van der Waals surface area (Å²) in [6.07, 6.45) is 0.788. The summed E-state index contributed by atoms with van der Waals surface area (Å²) in [5.74, 6) is -0.821. The van der Waals surface area contributed by atoms with Crippen LogP contribution in [0.5, 0.6) is 23.0 Å². The first-order valence-corrected chi connectivity index (χ1v) is 11.6. The van der Waals surface area contributed by atoms with Gasteiger partial charge < -0.3 is 18.9 Å². The van der Waals surface area contributed by atoms with Crippen molar-refractivity contribution in [2.24, 2.45) is 5.16 Å². The SMILES string of the molecule is COc1ccc(C(CF)C(=NOS(C)(=O)=O)C(CF)c2ccc(OC)c(OC)c2)cc1OC. The first-order valence-electron chi connectivity index (χ1n) is 9.75. The molecule has 0 bridgehead atoms. The third-order valence-electron chi connectivity index (χ3n) is 4.92. The Hall–Kier alpha value is -3.08. The van der Waals surface area contributed by atoms with Crippen LogP contribution in [0.1, 0.15) is 23.0 Å². The lowest BCUT2D eigenvalue weighted by atomic mass is 9.84. The molecule has 0 aliphatic rings. The number of ether oxygens (including phenoxy) is 4. The molecule has 0 spiro atoms. The second-order valence-electron chi connectivity index (χ2n) is 6.94. The Labute approximate surface area is 192 Å². The standard InChI is InChI=1S/C22H27F2NO7S/c1-28-18-8-6-14(10-20(18)30-3)16(12-23)22(25-32-33(5,26)27)17(13-24)15-7-9-19(29-2)21(11-15)31-4/h6-11,16-17H,12-13H2,1-5H3. The van der Waals surface area contributed by atoms with E-state index in [-0.39, 0.29) is 5.71 Å². The molecule has 2 unspecified atom stereocenters. The molecule has 0 amide bonds. The zero-order valence-corrected chi connectivity index (χ0v) is 19.8. The van der Waals surface area contributed by atoms with E-state index in [4.69, 9.17) is 18.9 Å². The van der Waals surface area contributed by atoms with Gasteiger partial charge in [0, 0.05) is 0 Å². The number of methoxy groups -OCH3 is 4. The summed E-state index contributed by atoms with van der Waals surface area (Å²) < 4.78 is 77.6. The number of nitrogens with zero attached hydrogens (tertiary/aromatic N) is 1. The maximum Gasteiger partial charge on any atom is 0.325 e. The average Bonchev–Trinajstić information content (AvgIpc) is 2.81. The smallest absolute Gasteiger partial charge is 0.325 e. The van der Waals surface area contributed by atoms with Crippen molar-refractivity contribution >= 4 is 15.8 Å². The molecule has 0 saturated heterocycles. The summed E-state index contributed by atoms with van der Waals surface area (Å²) >= 11 is 0. The van der Waals surface area contributed by atoms with Crippen molar-refractivity contribution in [3.63, 3.8) is 0 Å². The molecule has 2 rings (SSSR count). The largest absolute Gasteiger partial charge is 0.493 e. The third kappa shape index (κ3) is 6.47. The van der Waals surface area contributed by atoms with Crippen LogP contribution >= 0.6 is 0 Å². The van der Waals surface area contributed by atoms with Crippen molar-refractivity contribution in [1.29, 1.82) is 0 Å². The highest BCUT2D eigenvalue weighted by molar-refractivity contribution is 7.85. The molecule has 0 fully saturated rings. The van der Waals surface area contributed by atoms with Gasteiger partial charge in [0.15, 0.2) is 23.0 Å². The van der Waals surface area contributed by atoms with Gasteiger partial charge in [0.1, 0.15) is 13.3 Å². The van der Waals surface area contributed by atoms with Crippen LogP contribution in [0.4, 0.5) is 8.78 Å². The number of halogens is 2. The zero-order valence-electron chi connectivity index (χ0n) is 19.0. The summed E-state index contributed by atoms with van der Waals surface area (Å²) in [6, 6.07) is 9.28. The first-order chi connectivity index (χ1) is 15.7. The lowest BCUT2D eigenvalue weighted by Gasteiger charge is -2.24. The Morgan fingerprint density at radius 2 is 1.18 bits per heavy atom. The Kier molecular flexibility index (Phi) is 9.27. The van der Waals surface area contributed by atoms with E-state index in [0.29, 0.717) is 34.1 Å².